The van der Waals surface area contributed by atoms with Crippen LogP contribution >= 0.6 is 0 Å². The van der Waals surface area contributed by atoms with Gasteiger partial charge in [0.2, 0.25) is 5.91 Å². The highest BCUT2D eigenvalue weighted by atomic mass is 16.5. The van der Waals surface area contributed by atoms with Gasteiger partial charge in [0.25, 0.3) is 0 Å². The van der Waals surface area contributed by atoms with E-state index in [0.717, 1.165) is 24.8 Å². The Kier molecular flexibility index (Phi) is 4.17. The van der Waals surface area contributed by atoms with Gasteiger partial charge in [-0.1, -0.05) is 38.1 Å². The van der Waals surface area contributed by atoms with E-state index in [1.165, 1.54) is 5.56 Å². The van der Waals surface area contributed by atoms with E-state index in [9.17, 15) is 4.79 Å². The molecule has 2 rings (SSSR count). The molecular weight excluding hydrogens is 250 g/mol. The summed E-state index contributed by atoms with van der Waals surface area (Å²) in [7, 11) is 0. The largest absolute Gasteiger partial charge is 0.493 e. The van der Waals surface area contributed by atoms with Crippen LogP contribution in [0.3, 0.4) is 0 Å². The van der Waals surface area contributed by atoms with Gasteiger partial charge in [-0.05, 0) is 31.7 Å². The maximum Gasteiger partial charge on any atom is 0.248 e. The predicted molar refractivity (Wildman–Crippen MR) is 80.9 cm³/mol. The highest BCUT2D eigenvalue weighted by Crippen LogP contribution is 2.47. The third kappa shape index (κ3) is 2.21. The summed E-state index contributed by atoms with van der Waals surface area (Å²) < 4.78 is 5.82. The molecule has 0 spiro atoms. The zero-order valence-electron chi connectivity index (χ0n) is 12.5. The van der Waals surface area contributed by atoms with E-state index in [0.29, 0.717) is 17.9 Å². The smallest absolute Gasteiger partial charge is 0.248 e. The van der Waals surface area contributed by atoms with E-state index in [2.05, 4.69) is 19.9 Å². The lowest BCUT2D eigenvalue weighted by atomic mass is 9.66. The van der Waals surface area contributed by atoms with Gasteiger partial charge >= 0.3 is 0 Å². The molecule has 1 aliphatic carbocycles. The van der Waals surface area contributed by atoms with Crippen molar-refractivity contribution in [3.8, 4) is 0 Å². The van der Waals surface area contributed by atoms with Crippen LogP contribution in [-0.4, -0.2) is 12.5 Å². The van der Waals surface area contributed by atoms with Crippen molar-refractivity contribution in [2.75, 3.05) is 6.61 Å². The van der Waals surface area contributed by atoms with Gasteiger partial charge in [0.15, 0.2) is 0 Å². The molecule has 0 saturated heterocycles. The molecule has 3 nitrogen and oxygen atoms in total. The Bertz CT molecular complexity index is 542. The van der Waals surface area contributed by atoms with E-state index in [4.69, 9.17) is 10.5 Å². The van der Waals surface area contributed by atoms with Crippen LogP contribution in [0.1, 0.15) is 44.7 Å². The van der Waals surface area contributed by atoms with Crippen LogP contribution in [0.15, 0.2) is 29.8 Å². The summed E-state index contributed by atoms with van der Waals surface area (Å²) in [5.41, 5.74) is 8.42. The molecule has 3 heteroatoms. The highest BCUT2D eigenvalue weighted by molar-refractivity contribution is 6.01. The number of hydrogen-bond acceptors (Lipinski definition) is 2. The summed E-state index contributed by atoms with van der Waals surface area (Å²) in [6.07, 6.45) is 2.62. The summed E-state index contributed by atoms with van der Waals surface area (Å²) in [6, 6.07) is 8.14. The van der Waals surface area contributed by atoms with Gasteiger partial charge in [0.05, 0.1) is 12.2 Å². The Balaban J connectivity index is 2.73. The molecule has 1 aromatic rings. The number of hydrogen-bond donors (Lipinski definition) is 1. The number of nitrogens with two attached hydrogens (primary N) is 1. The summed E-state index contributed by atoms with van der Waals surface area (Å²) in [5, 5.41) is 0. The van der Waals surface area contributed by atoms with Crippen molar-refractivity contribution in [2.24, 2.45) is 11.1 Å². The normalized spacial score (nSPS) is 16.8. The average molecular weight is 273 g/mol. The van der Waals surface area contributed by atoms with Crippen LogP contribution < -0.4 is 5.73 Å². The molecule has 0 heterocycles. The van der Waals surface area contributed by atoms with E-state index in [1.807, 2.05) is 25.1 Å². The van der Waals surface area contributed by atoms with Crippen LogP contribution in [0.2, 0.25) is 0 Å². The Morgan fingerprint density at radius 1 is 1.25 bits per heavy atom. The molecule has 0 aliphatic heterocycles. The predicted octanol–water partition coefficient (Wildman–Crippen LogP) is 3.28. The fraction of sp³-hybridized carbons (Fsp3) is 0.471. The number of primary amides is 1. The number of carbonyl (C=O) groups is 1. The van der Waals surface area contributed by atoms with Crippen molar-refractivity contribution in [1.29, 1.82) is 0 Å². The zero-order valence-corrected chi connectivity index (χ0v) is 12.5. The lowest BCUT2D eigenvalue weighted by Gasteiger charge is -2.39. The van der Waals surface area contributed by atoms with E-state index in [-0.39, 0.29) is 11.3 Å². The van der Waals surface area contributed by atoms with Gasteiger partial charge in [-0.3, -0.25) is 4.79 Å². The zero-order chi connectivity index (χ0) is 14.8. The van der Waals surface area contributed by atoms with Gasteiger partial charge in [-0.25, -0.2) is 0 Å². The van der Waals surface area contributed by atoms with Crippen LogP contribution in [0.25, 0.3) is 5.76 Å². The average Bonchev–Trinajstić information content (AvgIpc) is 2.46. The quantitative estimate of drug-likeness (QED) is 0.895. The maximum atomic E-state index is 12.1. The summed E-state index contributed by atoms with van der Waals surface area (Å²) in [5.74, 6) is 0.331. The molecule has 0 saturated carbocycles. The number of rotatable bonds is 5. The number of amides is 1. The van der Waals surface area contributed by atoms with E-state index < -0.39 is 0 Å². The topological polar surface area (TPSA) is 52.3 Å². The third-order valence-electron chi connectivity index (χ3n) is 4.44. The molecule has 0 bridgehead atoms. The number of ether oxygens (including phenoxy) is 1. The maximum absolute atomic E-state index is 12.1. The van der Waals surface area contributed by atoms with E-state index in [1.54, 1.807) is 0 Å². The number of carbonyl (C=O) groups excluding carboxylic acids is 1. The first-order valence-electron chi connectivity index (χ1n) is 7.35. The molecule has 1 aliphatic rings. The van der Waals surface area contributed by atoms with Crippen molar-refractivity contribution < 1.29 is 9.53 Å². The fourth-order valence-electron chi connectivity index (χ4n) is 3.25. The first kappa shape index (κ1) is 14.6. The molecule has 2 N–H and O–H groups in total. The van der Waals surface area contributed by atoms with Gasteiger partial charge < -0.3 is 10.5 Å². The first-order chi connectivity index (χ1) is 9.59. The van der Waals surface area contributed by atoms with Gasteiger partial charge in [-0.15, -0.1) is 0 Å². The Morgan fingerprint density at radius 2 is 1.90 bits per heavy atom. The van der Waals surface area contributed by atoms with Gasteiger partial charge in [-0.2, -0.15) is 0 Å². The number of fused-ring (bicyclic) bond motifs is 1. The second-order valence-electron chi connectivity index (χ2n) is 5.32. The standard InChI is InChI=1S/C17H23NO2/c1-4-17(5-2)11-12-9-7-8-10-13(12)15(20-6-3)14(17)16(18)19/h7-10H,4-6,11H2,1-3H3,(H2,18,19). The molecule has 20 heavy (non-hydrogen) atoms. The minimum Gasteiger partial charge on any atom is -0.493 e. The van der Waals surface area contributed by atoms with Crippen molar-refractivity contribution >= 4 is 11.7 Å². The SMILES string of the molecule is CCOC1=C(C(N)=O)C(CC)(CC)Cc2ccccc21. The first-order valence-corrected chi connectivity index (χ1v) is 7.35. The molecule has 0 aromatic heterocycles. The van der Waals surface area contributed by atoms with Crippen molar-refractivity contribution in [3.63, 3.8) is 0 Å². The number of benzene rings is 1. The Morgan fingerprint density at radius 3 is 2.45 bits per heavy atom. The highest BCUT2D eigenvalue weighted by Gasteiger charge is 2.41. The summed E-state index contributed by atoms with van der Waals surface area (Å²) in [4.78, 5) is 12.1. The third-order valence-corrected chi connectivity index (χ3v) is 4.44. The van der Waals surface area contributed by atoms with Gasteiger partial charge in [0.1, 0.15) is 5.76 Å². The summed E-state index contributed by atoms with van der Waals surface area (Å²) in [6.45, 7) is 6.69. The molecule has 0 atom stereocenters. The lowest BCUT2D eigenvalue weighted by molar-refractivity contribution is -0.115. The fourth-order valence-corrected chi connectivity index (χ4v) is 3.25. The molecule has 0 radical (unpaired) electrons. The monoisotopic (exact) mass is 273 g/mol. The van der Waals surface area contributed by atoms with Crippen LogP contribution in [0.4, 0.5) is 0 Å². The Labute approximate surface area is 120 Å². The molecule has 108 valence electrons. The van der Waals surface area contributed by atoms with Crippen LogP contribution in [0.5, 0.6) is 0 Å². The molecule has 1 amide bonds. The molecule has 0 fully saturated rings. The van der Waals surface area contributed by atoms with Crippen molar-refractivity contribution in [2.45, 2.75) is 40.0 Å². The van der Waals surface area contributed by atoms with Crippen molar-refractivity contribution in [3.05, 3.63) is 41.0 Å². The lowest BCUT2D eigenvalue weighted by Crippen LogP contribution is -2.37. The van der Waals surface area contributed by atoms with Crippen LogP contribution in [0, 0.1) is 5.41 Å². The minimum absolute atomic E-state index is 0.204. The van der Waals surface area contributed by atoms with E-state index >= 15 is 0 Å². The molecular formula is C17H23NO2. The molecule has 1 aromatic carbocycles. The molecule has 0 unspecified atom stereocenters. The van der Waals surface area contributed by atoms with Gasteiger partial charge in [0, 0.05) is 11.0 Å². The summed E-state index contributed by atoms with van der Waals surface area (Å²) >= 11 is 0. The second kappa shape index (κ2) is 5.70. The van der Waals surface area contributed by atoms with Crippen molar-refractivity contribution in [1.82, 2.24) is 0 Å². The Hall–Kier alpha value is -1.77. The second-order valence-corrected chi connectivity index (χ2v) is 5.32. The van der Waals surface area contributed by atoms with Crippen LogP contribution in [-0.2, 0) is 16.0 Å². The minimum atomic E-state index is -0.355.